The van der Waals surface area contributed by atoms with Gasteiger partial charge in [-0.1, -0.05) is 17.7 Å². The number of carbonyl (C=O) groups is 1. The fourth-order valence-electron chi connectivity index (χ4n) is 1.54. The van der Waals surface area contributed by atoms with Gasteiger partial charge < -0.3 is 10.6 Å². The highest BCUT2D eigenvalue weighted by atomic mass is 35.5. The Bertz CT molecular complexity index is 615. The molecule has 2 rings (SSSR count). The highest BCUT2D eigenvalue weighted by Crippen LogP contribution is 2.19. The Balaban J connectivity index is 2.28. The van der Waals surface area contributed by atoms with Gasteiger partial charge in [0, 0.05) is 19.4 Å². The molecule has 0 bridgehead atoms. The minimum atomic E-state index is -0.314. The van der Waals surface area contributed by atoms with Crippen LogP contribution in [0, 0.1) is 6.92 Å². The van der Waals surface area contributed by atoms with Gasteiger partial charge in [0.25, 0.3) is 5.91 Å². The zero-order chi connectivity index (χ0) is 13.8. The van der Waals surface area contributed by atoms with Crippen LogP contribution < -0.4 is 10.6 Å². The second-order valence-corrected chi connectivity index (χ2v) is 4.33. The van der Waals surface area contributed by atoms with E-state index < -0.39 is 0 Å². The largest absolute Gasteiger partial charge is 0.373 e. The Morgan fingerprint density at radius 1 is 1.37 bits per heavy atom. The van der Waals surface area contributed by atoms with E-state index >= 15 is 0 Å². The molecule has 0 unspecified atom stereocenters. The summed E-state index contributed by atoms with van der Waals surface area (Å²) in [5.74, 6) is 0.782. The molecule has 2 N–H and O–H groups in total. The molecule has 0 aliphatic rings. The van der Waals surface area contributed by atoms with Crippen LogP contribution in [0.3, 0.4) is 0 Å². The third kappa shape index (κ3) is 3.00. The number of rotatable bonds is 3. The van der Waals surface area contributed by atoms with Crippen LogP contribution in [0.4, 0.5) is 11.6 Å². The average molecular weight is 277 g/mol. The number of pyridine rings is 2. The Morgan fingerprint density at radius 3 is 2.84 bits per heavy atom. The highest BCUT2D eigenvalue weighted by Gasteiger charge is 2.13. The Morgan fingerprint density at radius 2 is 2.16 bits per heavy atom. The molecule has 0 atom stereocenters. The number of amides is 1. The highest BCUT2D eigenvalue weighted by molar-refractivity contribution is 6.34. The summed E-state index contributed by atoms with van der Waals surface area (Å²) in [6.45, 7) is 1.87. The molecule has 0 aliphatic carbocycles. The van der Waals surface area contributed by atoms with Crippen molar-refractivity contribution in [2.75, 3.05) is 17.7 Å². The van der Waals surface area contributed by atoms with E-state index in [-0.39, 0.29) is 5.91 Å². The molecule has 0 aromatic carbocycles. The Labute approximate surface area is 116 Å². The van der Waals surface area contributed by atoms with Crippen molar-refractivity contribution in [1.29, 1.82) is 0 Å². The lowest BCUT2D eigenvalue weighted by atomic mass is 10.2. The summed E-state index contributed by atoms with van der Waals surface area (Å²) in [6, 6.07) is 5.27. The third-order valence-electron chi connectivity index (χ3n) is 2.60. The minimum absolute atomic E-state index is 0.296. The molecule has 2 aromatic rings. The predicted octanol–water partition coefficient (Wildman–Crippen LogP) is 2.73. The number of nitrogens with one attached hydrogen (secondary N) is 2. The number of nitrogens with zero attached hydrogens (tertiary/aromatic N) is 2. The Hall–Kier alpha value is -2.14. The van der Waals surface area contributed by atoms with Gasteiger partial charge in [0.2, 0.25) is 0 Å². The zero-order valence-corrected chi connectivity index (χ0v) is 11.3. The predicted molar refractivity (Wildman–Crippen MR) is 75.7 cm³/mol. The summed E-state index contributed by atoms with van der Waals surface area (Å²) in [7, 11) is 1.72. The molecule has 6 heteroatoms. The van der Waals surface area contributed by atoms with Crippen molar-refractivity contribution in [2.24, 2.45) is 0 Å². The van der Waals surface area contributed by atoms with Gasteiger partial charge >= 0.3 is 0 Å². The first-order chi connectivity index (χ1) is 9.11. The maximum absolute atomic E-state index is 12.2. The van der Waals surface area contributed by atoms with Crippen LogP contribution in [0.1, 0.15) is 15.9 Å². The molecular weight excluding hydrogens is 264 g/mol. The lowest BCUT2D eigenvalue weighted by Crippen LogP contribution is -2.15. The van der Waals surface area contributed by atoms with Crippen molar-refractivity contribution in [3.05, 3.63) is 46.7 Å². The molecule has 0 fully saturated rings. The number of carbonyl (C=O) groups excluding carboxylic acids is 1. The van der Waals surface area contributed by atoms with Crippen LogP contribution >= 0.6 is 11.6 Å². The Kier molecular flexibility index (Phi) is 3.97. The maximum atomic E-state index is 12.2. The number of anilines is 2. The average Bonchev–Trinajstić information content (AvgIpc) is 2.42. The molecule has 5 nitrogen and oxygen atoms in total. The van der Waals surface area contributed by atoms with Crippen LogP contribution in [0.5, 0.6) is 0 Å². The van der Waals surface area contributed by atoms with Crippen LogP contribution in [0.25, 0.3) is 0 Å². The maximum Gasteiger partial charge on any atom is 0.258 e. The second-order valence-electron chi connectivity index (χ2n) is 3.92. The summed E-state index contributed by atoms with van der Waals surface area (Å²) in [6.07, 6.45) is 3.06. The summed E-state index contributed by atoms with van der Waals surface area (Å²) < 4.78 is 0. The fourth-order valence-corrected chi connectivity index (χ4v) is 1.73. The van der Waals surface area contributed by atoms with Crippen molar-refractivity contribution in [3.63, 3.8) is 0 Å². The number of aromatic nitrogens is 2. The molecule has 0 aliphatic heterocycles. The van der Waals surface area contributed by atoms with Crippen LogP contribution in [0.2, 0.25) is 5.02 Å². The molecule has 0 radical (unpaired) electrons. The number of hydrogen-bond donors (Lipinski definition) is 2. The van der Waals surface area contributed by atoms with Gasteiger partial charge in [0.1, 0.15) is 11.6 Å². The van der Waals surface area contributed by atoms with E-state index in [0.29, 0.717) is 22.2 Å². The standard InChI is InChI=1S/C13H13ClN4O/c1-8-4-3-5-16-12(8)18-13(19)9-6-11(15-2)17-7-10(9)14/h3-7H,1-2H3,(H,15,17)(H,16,18,19). The van der Waals surface area contributed by atoms with Crippen LogP contribution in [0.15, 0.2) is 30.6 Å². The molecule has 0 saturated heterocycles. The molecule has 2 heterocycles. The van der Waals surface area contributed by atoms with Gasteiger partial charge in [-0.2, -0.15) is 0 Å². The van der Waals surface area contributed by atoms with Gasteiger partial charge in [0.05, 0.1) is 10.6 Å². The first kappa shape index (κ1) is 13.3. The quantitative estimate of drug-likeness (QED) is 0.905. The topological polar surface area (TPSA) is 66.9 Å². The molecule has 0 saturated carbocycles. The molecule has 0 spiro atoms. The van der Waals surface area contributed by atoms with Gasteiger partial charge in [-0.25, -0.2) is 9.97 Å². The van der Waals surface area contributed by atoms with Crippen LogP contribution in [-0.4, -0.2) is 22.9 Å². The summed E-state index contributed by atoms with van der Waals surface area (Å²) in [5.41, 5.74) is 1.24. The fraction of sp³-hybridized carbons (Fsp3) is 0.154. The van der Waals surface area contributed by atoms with E-state index in [0.717, 1.165) is 5.56 Å². The zero-order valence-electron chi connectivity index (χ0n) is 10.6. The van der Waals surface area contributed by atoms with Crippen molar-refractivity contribution in [2.45, 2.75) is 6.92 Å². The lowest BCUT2D eigenvalue weighted by molar-refractivity contribution is 0.102. The first-order valence-corrected chi connectivity index (χ1v) is 6.06. The van der Waals surface area contributed by atoms with Crippen LogP contribution in [-0.2, 0) is 0 Å². The number of halogens is 1. The number of aryl methyl sites for hydroxylation is 1. The summed E-state index contributed by atoms with van der Waals surface area (Å²) in [5, 5.41) is 5.88. The first-order valence-electron chi connectivity index (χ1n) is 5.68. The van der Waals surface area contributed by atoms with Crippen molar-refractivity contribution in [3.8, 4) is 0 Å². The van der Waals surface area contributed by atoms with E-state index in [1.807, 2.05) is 19.1 Å². The summed E-state index contributed by atoms with van der Waals surface area (Å²) in [4.78, 5) is 20.3. The third-order valence-corrected chi connectivity index (χ3v) is 2.90. The minimum Gasteiger partial charge on any atom is -0.373 e. The lowest BCUT2D eigenvalue weighted by Gasteiger charge is -2.09. The van der Waals surface area contributed by atoms with Gasteiger partial charge in [0.15, 0.2) is 0 Å². The molecule has 1 amide bonds. The normalized spacial score (nSPS) is 10.1. The molecular formula is C13H13ClN4O. The van der Waals surface area contributed by atoms with E-state index in [1.165, 1.54) is 6.20 Å². The monoisotopic (exact) mass is 276 g/mol. The molecule has 98 valence electrons. The smallest absolute Gasteiger partial charge is 0.258 e. The van der Waals surface area contributed by atoms with Gasteiger partial charge in [-0.15, -0.1) is 0 Å². The van der Waals surface area contributed by atoms with Crippen molar-refractivity contribution in [1.82, 2.24) is 9.97 Å². The number of hydrogen-bond acceptors (Lipinski definition) is 4. The van der Waals surface area contributed by atoms with Crippen molar-refractivity contribution >= 4 is 29.1 Å². The molecule has 2 aromatic heterocycles. The SMILES string of the molecule is CNc1cc(C(=O)Nc2ncccc2C)c(Cl)cn1. The van der Waals surface area contributed by atoms with Crippen molar-refractivity contribution < 1.29 is 4.79 Å². The van der Waals surface area contributed by atoms with E-state index in [4.69, 9.17) is 11.6 Å². The second kappa shape index (κ2) is 5.67. The summed E-state index contributed by atoms with van der Waals surface area (Å²) >= 11 is 5.98. The van der Waals surface area contributed by atoms with E-state index in [1.54, 1.807) is 19.3 Å². The van der Waals surface area contributed by atoms with E-state index in [2.05, 4.69) is 20.6 Å². The van der Waals surface area contributed by atoms with E-state index in [9.17, 15) is 4.79 Å². The van der Waals surface area contributed by atoms with Gasteiger partial charge in [-0.05, 0) is 24.6 Å². The van der Waals surface area contributed by atoms with Gasteiger partial charge in [-0.3, -0.25) is 4.79 Å². The molecule has 19 heavy (non-hydrogen) atoms.